The summed E-state index contributed by atoms with van der Waals surface area (Å²) in [6.07, 6.45) is 0.844. The lowest BCUT2D eigenvalue weighted by molar-refractivity contribution is 0.0917. The molecule has 2 aromatic carbocycles. The highest BCUT2D eigenvalue weighted by atomic mass is 35.5. The topological polar surface area (TPSA) is 74.5 Å². The minimum Gasteiger partial charge on any atom is -0.412 e. The molecule has 0 spiro atoms. The molecule has 1 N–H and O–H groups in total. The first-order valence-corrected chi connectivity index (χ1v) is 11.4. The summed E-state index contributed by atoms with van der Waals surface area (Å²) in [7, 11) is 0. The van der Waals surface area contributed by atoms with Gasteiger partial charge in [-0.2, -0.15) is 0 Å². The summed E-state index contributed by atoms with van der Waals surface area (Å²) in [4.78, 5) is 17.1. The van der Waals surface area contributed by atoms with Crippen molar-refractivity contribution in [3.63, 3.8) is 0 Å². The number of piperazine rings is 1. The van der Waals surface area contributed by atoms with Crippen molar-refractivity contribution in [2.24, 2.45) is 0 Å². The summed E-state index contributed by atoms with van der Waals surface area (Å²) >= 11 is 12.1. The van der Waals surface area contributed by atoms with Crippen LogP contribution in [0, 0.1) is 6.92 Å². The lowest BCUT2D eigenvalue weighted by Crippen LogP contribution is -2.47. The van der Waals surface area contributed by atoms with E-state index in [0.29, 0.717) is 17.1 Å². The van der Waals surface area contributed by atoms with Crippen LogP contribution >= 0.6 is 23.2 Å². The number of nitrogens with zero attached hydrogens (tertiary/aromatic N) is 4. The number of nitrogens with one attached hydrogen (secondary N) is 1. The number of benzene rings is 2. The molecule has 0 atom stereocenters. The maximum atomic E-state index is 12.3. The Morgan fingerprint density at radius 2 is 1.84 bits per heavy atom. The lowest BCUT2D eigenvalue weighted by atomic mass is 10.1. The van der Waals surface area contributed by atoms with Crippen molar-refractivity contribution in [2.75, 3.05) is 44.2 Å². The Bertz CT molecular complexity index is 1080. The Morgan fingerprint density at radius 1 is 1.06 bits per heavy atom. The highest BCUT2D eigenvalue weighted by Crippen LogP contribution is 2.25. The van der Waals surface area contributed by atoms with Gasteiger partial charge < -0.3 is 14.6 Å². The van der Waals surface area contributed by atoms with E-state index in [4.69, 9.17) is 27.6 Å². The van der Waals surface area contributed by atoms with Gasteiger partial charge in [0.15, 0.2) is 0 Å². The normalized spacial score (nSPS) is 14.5. The second-order valence-electron chi connectivity index (χ2n) is 7.79. The number of aryl methyl sites for hydroxylation is 1. The number of carbonyl (C=O) groups is 1. The summed E-state index contributed by atoms with van der Waals surface area (Å²) in [6, 6.07) is 13.1. The smallest absolute Gasteiger partial charge is 0.308 e. The van der Waals surface area contributed by atoms with Crippen molar-refractivity contribution in [1.29, 1.82) is 0 Å². The molecular weight excluding hydrogens is 449 g/mol. The third-order valence-electron chi connectivity index (χ3n) is 5.51. The number of aromatic nitrogens is 2. The van der Waals surface area contributed by atoms with Crippen LogP contribution in [0.15, 0.2) is 46.9 Å². The predicted octanol–water partition coefficient (Wildman–Crippen LogP) is 4.29. The van der Waals surface area contributed by atoms with E-state index in [-0.39, 0.29) is 17.7 Å². The second kappa shape index (κ2) is 10.3. The number of rotatable bonds is 7. The Hall–Kier alpha value is -2.61. The molecular formula is C23H25Cl2N5O2. The summed E-state index contributed by atoms with van der Waals surface area (Å²) in [5.74, 6) is -0.150. The lowest BCUT2D eigenvalue weighted by Gasteiger charge is -2.36. The van der Waals surface area contributed by atoms with Crippen molar-refractivity contribution in [2.45, 2.75) is 13.3 Å². The van der Waals surface area contributed by atoms with Gasteiger partial charge in [0.1, 0.15) is 0 Å². The van der Waals surface area contributed by atoms with Crippen LogP contribution in [-0.2, 0) is 0 Å². The first-order chi connectivity index (χ1) is 15.5. The molecule has 7 nitrogen and oxygen atoms in total. The molecule has 1 aromatic heterocycles. The van der Waals surface area contributed by atoms with Gasteiger partial charge in [0.2, 0.25) is 5.89 Å². The van der Waals surface area contributed by atoms with Gasteiger partial charge in [0.05, 0.1) is 0 Å². The molecule has 1 amide bonds. The zero-order valence-corrected chi connectivity index (χ0v) is 19.4. The molecule has 0 saturated carbocycles. The van der Waals surface area contributed by atoms with E-state index >= 15 is 0 Å². The van der Waals surface area contributed by atoms with Crippen LogP contribution in [-0.4, -0.2) is 60.3 Å². The molecule has 0 aliphatic carbocycles. The van der Waals surface area contributed by atoms with E-state index in [0.717, 1.165) is 44.2 Å². The van der Waals surface area contributed by atoms with E-state index in [1.165, 1.54) is 11.3 Å². The van der Waals surface area contributed by atoms with Crippen LogP contribution in [0.2, 0.25) is 10.0 Å². The van der Waals surface area contributed by atoms with Crippen molar-refractivity contribution in [3.8, 4) is 11.5 Å². The molecule has 0 radical (unpaired) electrons. The summed E-state index contributed by atoms with van der Waals surface area (Å²) in [6.45, 7) is 7.45. The van der Waals surface area contributed by atoms with Crippen LogP contribution in [0.25, 0.3) is 11.5 Å². The highest BCUT2D eigenvalue weighted by Gasteiger charge is 2.19. The minimum absolute atomic E-state index is 0.0505. The van der Waals surface area contributed by atoms with Crippen molar-refractivity contribution in [3.05, 3.63) is 64.0 Å². The zero-order valence-electron chi connectivity index (χ0n) is 17.9. The summed E-state index contributed by atoms with van der Waals surface area (Å²) < 4.78 is 5.49. The van der Waals surface area contributed by atoms with Gasteiger partial charge in [-0.3, -0.25) is 9.69 Å². The van der Waals surface area contributed by atoms with E-state index in [2.05, 4.69) is 38.3 Å². The fourth-order valence-electron chi connectivity index (χ4n) is 3.77. The number of halogens is 2. The molecule has 9 heteroatoms. The Kier molecular flexibility index (Phi) is 7.29. The minimum atomic E-state index is -0.368. The molecule has 0 unspecified atom stereocenters. The molecule has 2 heterocycles. The van der Waals surface area contributed by atoms with E-state index < -0.39 is 0 Å². The average Bonchev–Trinajstić information content (AvgIpc) is 3.29. The Morgan fingerprint density at radius 3 is 2.62 bits per heavy atom. The average molecular weight is 474 g/mol. The summed E-state index contributed by atoms with van der Waals surface area (Å²) in [5, 5.41) is 12.0. The largest absolute Gasteiger partial charge is 0.412 e. The molecule has 4 rings (SSSR count). The molecule has 1 aliphatic heterocycles. The third-order valence-corrected chi connectivity index (χ3v) is 5.98. The van der Waals surface area contributed by atoms with E-state index in [1.54, 1.807) is 24.3 Å². The molecule has 168 valence electrons. The number of anilines is 1. The van der Waals surface area contributed by atoms with Crippen molar-refractivity contribution >= 4 is 34.8 Å². The number of hydrogen-bond acceptors (Lipinski definition) is 6. The number of amides is 1. The van der Waals surface area contributed by atoms with Gasteiger partial charge in [0.25, 0.3) is 0 Å². The summed E-state index contributed by atoms with van der Waals surface area (Å²) in [5.41, 5.74) is 3.13. The molecule has 3 aromatic rings. The molecule has 0 bridgehead atoms. The number of hydrogen-bond donors (Lipinski definition) is 1. The first kappa shape index (κ1) is 22.6. The number of carbonyl (C=O) groups excluding carboxylic acids is 1. The van der Waals surface area contributed by atoms with Gasteiger partial charge >= 0.3 is 11.8 Å². The third kappa shape index (κ3) is 5.59. The van der Waals surface area contributed by atoms with Crippen LogP contribution in [0.3, 0.4) is 0 Å². The Balaban J connectivity index is 1.19. The molecule has 1 fully saturated rings. The van der Waals surface area contributed by atoms with Gasteiger partial charge in [-0.05, 0) is 55.8 Å². The second-order valence-corrected chi connectivity index (χ2v) is 8.66. The fraction of sp³-hybridized carbons (Fsp3) is 0.348. The fourth-order valence-corrected chi connectivity index (χ4v) is 4.13. The standard InChI is InChI=1S/C23H25Cl2N5O2/c1-16-6-7-19(25)15-20(16)30-12-10-29(11-13-30)9-3-8-26-21(31)23-28-27-22(32-23)17-4-2-5-18(24)14-17/h2,4-7,14-15H,3,8-13H2,1H3,(H,26,31). The zero-order chi connectivity index (χ0) is 22.5. The van der Waals surface area contributed by atoms with Gasteiger partial charge in [0, 0.05) is 54.0 Å². The highest BCUT2D eigenvalue weighted by molar-refractivity contribution is 6.31. The monoisotopic (exact) mass is 473 g/mol. The van der Waals surface area contributed by atoms with Gasteiger partial charge in [-0.1, -0.05) is 35.3 Å². The first-order valence-electron chi connectivity index (χ1n) is 10.6. The SMILES string of the molecule is Cc1ccc(Cl)cc1N1CCN(CCCNC(=O)c2nnc(-c3cccc(Cl)c3)o2)CC1. The Labute approximate surface area is 197 Å². The van der Waals surface area contributed by atoms with Gasteiger partial charge in [-0.25, -0.2) is 0 Å². The maximum Gasteiger partial charge on any atom is 0.308 e. The predicted molar refractivity (Wildman–Crippen MR) is 127 cm³/mol. The molecule has 1 aliphatic rings. The maximum absolute atomic E-state index is 12.3. The van der Waals surface area contributed by atoms with Crippen LogP contribution in [0.5, 0.6) is 0 Å². The van der Waals surface area contributed by atoms with Crippen molar-refractivity contribution < 1.29 is 9.21 Å². The molecule has 32 heavy (non-hydrogen) atoms. The van der Waals surface area contributed by atoms with E-state index in [1.807, 2.05) is 12.1 Å². The van der Waals surface area contributed by atoms with Crippen LogP contribution in [0.4, 0.5) is 5.69 Å². The van der Waals surface area contributed by atoms with Crippen molar-refractivity contribution in [1.82, 2.24) is 20.4 Å². The quantitative estimate of drug-likeness (QED) is 0.515. The molecule has 1 saturated heterocycles. The van der Waals surface area contributed by atoms with Crippen LogP contribution < -0.4 is 10.2 Å². The van der Waals surface area contributed by atoms with Crippen LogP contribution in [0.1, 0.15) is 22.7 Å². The van der Waals surface area contributed by atoms with Gasteiger partial charge in [-0.15, -0.1) is 10.2 Å². The van der Waals surface area contributed by atoms with E-state index in [9.17, 15) is 4.79 Å².